The molecule has 0 radical (unpaired) electrons. The van der Waals surface area contributed by atoms with Crippen LogP contribution in [0.5, 0.6) is 5.88 Å². The Hall–Kier alpha value is -1.13. The van der Waals surface area contributed by atoms with Crippen LogP contribution >= 0.6 is 0 Å². The largest absolute Gasteiger partial charge is 0.481 e. The molecule has 94 valence electrons. The number of hydrogen-bond acceptors (Lipinski definition) is 4. The molecular weight excluding hydrogens is 216 g/mol. The molecule has 0 aliphatic heterocycles. The fourth-order valence-corrected chi connectivity index (χ4v) is 2.54. The lowest BCUT2D eigenvalue weighted by Gasteiger charge is -2.37. The number of rotatable bonds is 3. The van der Waals surface area contributed by atoms with Crippen molar-refractivity contribution in [3.63, 3.8) is 0 Å². The number of aliphatic hydroxyl groups excluding tert-OH is 1. The molecule has 0 amide bonds. The van der Waals surface area contributed by atoms with Gasteiger partial charge in [0.05, 0.1) is 18.9 Å². The van der Waals surface area contributed by atoms with Crippen LogP contribution in [0.1, 0.15) is 31.4 Å². The lowest BCUT2D eigenvalue weighted by Crippen LogP contribution is -2.40. The molecule has 17 heavy (non-hydrogen) atoms. The number of pyridine rings is 1. The van der Waals surface area contributed by atoms with E-state index in [9.17, 15) is 5.11 Å². The number of nitrogens with two attached hydrogens (primary N) is 1. The molecule has 2 rings (SSSR count). The average molecular weight is 236 g/mol. The van der Waals surface area contributed by atoms with Gasteiger partial charge in [-0.1, -0.05) is 6.07 Å². The van der Waals surface area contributed by atoms with Gasteiger partial charge in [-0.15, -0.1) is 0 Å². The number of hydrogen-bond donors (Lipinski definition) is 2. The monoisotopic (exact) mass is 236 g/mol. The molecule has 3 N–H and O–H groups in total. The molecule has 1 aliphatic rings. The smallest absolute Gasteiger partial charge is 0.213 e. The number of aliphatic hydroxyl groups is 1. The zero-order valence-electron chi connectivity index (χ0n) is 10.2. The Balaban J connectivity index is 2.27. The van der Waals surface area contributed by atoms with E-state index in [1.165, 1.54) is 0 Å². The van der Waals surface area contributed by atoms with Crippen molar-refractivity contribution in [3.05, 3.63) is 23.9 Å². The molecule has 0 bridgehead atoms. The summed E-state index contributed by atoms with van der Waals surface area (Å²) in [5.74, 6) is 0.626. The number of nitrogens with zero attached hydrogens (tertiary/aromatic N) is 1. The van der Waals surface area contributed by atoms with Crippen LogP contribution < -0.4 is 10.5 Å². The average Bonchev–Trinajstić information content (AvgIpc) is 2.40. The Kier molecular flexibility index (Phi) is 3.64. The van der Waals surface area contributed by atoms with Gasteiger partial charge in [-0.05, 0) is 31.7 Å². The number of methoxy groups -OCH3 is 1. The van der Waals surface area contributed by atoms with E-state index in [0.29, 0.717) is 12.4 Å². The molecule has 1 aliphatic carbocycles. The third kappa shape index (κ3) is 2.42. The first-order chi connectivity index (χ1) is 8.20. The molecule has 0 unspecified atom stereocenters. The molecule has 1 saturated carbocycles. The topological polar surface area (TPSA) is 68.4 Å². The standard InChI is InChI=1S/C13H20N2O2/c1-17-12-4-2-3-11(15-12)13(9-14)7-5-10(16)6-8-13/h2-4,10,16H,5-9,14H2,1H3. The van der Waals surface area contributed by atoms with Gasteiger partial charge in [0.25, 0.3) is 0 Å². The number of ether oxygens (including phenoxy) is 1. The van der Waals surface area contributed by atoms with Gasteiger partial charge < -0.3 is 15.6 Å². The maximum Gasteiger partial charge on any atom is 0.213 e. The Morgan fingerprint density at radius 3 is 2.76 bits per heavy atom. The van der Waals surface area contributed by atoms with E-state index >= 15 is 0 Å². The minimum atomic E-state index is -0.180. The lowest BCUT2D eigenvalue weighted by atomic mass is 9.71. The molecule has 1 aromatic rings. The van der Waals surface area contributed by atoms with Gasteiger partial charge in [0, 0.05) is 18.0 Å². The van der Waals surface area contributed by atoms with Crippen LogP contribution in [0.2, 0.25) is 0 Å². The molecule has 0 saturated heterocycles. The highest BCUT2D eigenvalue weighted by molar-refractivity contribution is 5.24. The molecule has 4 nitrogen and oxygen atoms in total. The summed E-state index contributed by atoms with van der Waals surface area (Å²) in [5, 5.41) is 9.60. The van der Waals surface area contributed by atoms with E-state index in [0.717, 1.165) is 31.4 Å². The lowest BCUT2D eigenvalue weighted by molar-refractivity contribution is 0.0960. The van der Waals surface area contributed by atoms with Gasteiger partial charge in [0.1, 0.15) is 0 Å². The zero-order chi connectivity index (χ0) is 12.3. The summed E-state index contributed by atoms with van der Waals surface area (Å²) in [5.41, 5.74) is 6.85. The van der Waals surface area contributed by atoms with E-state index in [2.05, 4.69) is 4.98 Å². The van der Waals surface area contributed by atoms with E-state index in [4.69, 9.17) is 10.5 Å². The molecule has 0 aromatic carbocycles. The van der Waals surface area contributed by atoms with Gasteiger partial charge in [-0.25, -0.2) is 4.98 Å². The second-order valence-corrected chi connectivity index (χ2v) is 4.78. The predicted octanol–water partition coefficient (Wildman–Crippen LogP) is 1.22. The maximum absolute atomic E-state index is 9.60. The van der Waals surface area contributed by atoms with Crippen molar-refractivity contribution in [2.24, 2.45) is 5.73 Å². The summed E-state index contributed by atoms with van der Waals surface area (Å²) < 4.78 is 5.15. The van der Waals surface area contributed by atoms with Crippen LogP contribution in [-0.2, 0) is 5.41 Å². The quantitative estimate of drug-likeness (QED) is 0.828. The summed E-state index contributed by atoms with van der Waals surface area (Å²) >= 11 is 0. The van der Waals surface area contributed by atoms with Crippen LogP contribution in [0.25, 0.3) is 0 Å². The SMILES string of the molecule is COc1cccc(C2(CN)CCC(O)CC2)n1. The van der Waals surface area contributed by atoms with Crippen molar-refractivity contribution < 1.29 is 9.84 Å². The molecule has 1 aromatic heterocycles. The zero-order valence-corrected chi connectivity index (χ0v) is 10.2. The van der Waals surface area contributed by atoms with Gasteiger partial charge in [-0.3, -0.25) is 0 Å². The summed E-state index contributed by atoms with van der Waals surface area (Å²) in [6.07, 6.45) is 3.21. The highest BCUT2D eigenvalue weighted by atomic mass is 16.5. The van der Waals surface area contributed by atoms with Crippen molar-refractivity contribution in [3.8, 4) is 5.88 Å². The van der Waals surface area contributed by atoms with Crippen LogP contribution in [0.15, 0.2) is 18.2 Å². The van der Waals surface area contributed by atoms with Crippen LogP contribution in [0.4, 0.5) is 0 Å². The van der Waals surface area contributed by atoms with Crippen LogP contribution in [-0.4, -0.2) is 29.8 Å². The highest BCUT2D eigenvalue weighted by Crippen LogP contribution is 2.38. The van der Waals surface area contributed by atoms with E-state index < -0.39 is 0 Å². The Morgan fingerprint density at radius 1 is 1.47 bits per heavy atom. The molecule has 0 atom stereocenters. The molecular formula is C13H20N2O2. The number of aromatic nitrogens is 1. The first-order valence-electron chi connectivity index (χ1n) is 6.10. The summed E-state index contributed by atoms with van der Waals surface area (Å²) in [4.78, 5) is 4.50. The fraction of sp³-hybridized carbons (Fsp3) is 0.615. The summed E-state index contributed by atoms with van der Waals surface area (Å²) in [6.45, 7) is 0.569. The van der Waals surface area contributed by atoms with E-state index in [1.807, 2.05) is 18.2 Å². The summed E-state index contributed by atoms with van der Waals surface area (Å²) in [7, 11) is 1.62. The minimum absolute atomic E-state index is 0.0895. The van der Waals surface area contributed by atoms with Crippen molar-refractivity contribution in [1.29, 1.82) is 0 Å². The minimum Gasteiger partial charge on any atom is -0.481 e. The first kappa shape index (κ1) is 12.3. The third-order valence-corrected chi connectivity index (χ3v) is 3.78. The van der Waals surface area contributed by atoms with Gasteiger partial charge in [-0.2, -0.15) is 0 Å². The Morgan fingerprint density at radius 2 is 2.18 bits per heavy atom. The van der Waals surface area contributed by atoms with Crippen molar-refractivity contribution >= 4 is 0 Å². The Bertz CT molecular complexity index is 373. The van der Waals surface area contributed by atoms with E-state index in [-0.39, 0.29) is 11.5 Å². The predicted molar refractivity (Wildman–Crippen MR) is 66.0 cm³/mol. The van der Waals surface area contributed by atoms with Crippen molar-refractivity contribution in [2.45, 2.75) is 37.2 Å². The highest BCUT2D eigenvalue weighted by Gasteiger charge is 2.36. The Labute approximate surface area is 102 Å². The summed E-state index contributed by atoms with van der Waals surface area (Å²) in [6, 6.07) is 5.79. The van der Waals surface area contributed by atoms with Crippen LogP contribution in [0.3, 0.4) is 0 Å². The third-order valence-electron chi connectivity index (χ3n) is 3.78. The second kappa shape index (κ2) is 5.02. The van der Waals surface area contributed by atoms with Gasteiger partial charge in [0.15, 0.2) is 0 Å². The normalized spacial score (nSPS) is 29.0. The molecule has 4 heteroatoms. The van der Waals surface area contributed by atoms with Crippen molar-refractivity contribution in [1.82, 2.24) is 4.98 Å². The second-order valence-electron chi connectivity index (χ2n) is 4.78. The van der Waals surface area contributed by atoms with Crippen molar-refractivity contribution in [2.75, 3.05) is 13.7 Å². The molecule has 1 heterocycles. The van der Waals surface area contributed by atoms with E-state index in [1.54, 1.807) is 7.11 Å². The maximum atomic E-state index is 9.60. The van der Waals surface area contributed by atoms with Crippen LogP contribution in [0, 0.1) is 0 Å². The molecule has 1 fully saturated rings. The fourth-order valence-electron chi connectivity index (χ4n) is 2.54. The van der Waals surface area contributed by atoms with Gasteiger partial charge >= 0.3 is 0 Å². The first-order valence-corrected chi connectivity index (χ1v) is 6.10. The molecule has 0 spiro atoms. The van der Waals surface area contributed by atoms with Gasteiger partial charge in [0.2, 0.25) is 5.88 Å².